The fourth-order valence-electron chi connectivity index (χ4n) is 2.16. The lowest BCUT2D eigenvalue weighted by Gasteiger charge is -2.08. The lowest BCUT2D eigenvalue weighted by Crippen LogP contribution is -2.25. The molecule has 10 heteroatoms. The summed E-state index contributed by atoms with van der Waals surface area (Å²) in [5.41, 5.74) is 5.67. The van der Waals surface area contributed by atoms with Gasteiger partial charge in [0, 0.05) is 6.92 Å². The van der Waals surface area contributed by atoms with E-state index in [2.05, 4.69) is 4.98 Å². The lowest BCUT2D eigenvalue weighted by molar-refractivity contribution is -0.392. The molecule has 0 spiro atoms. The first-order chi connectivity index (χ1) is 10.7. The molecule has 9 nitrogen and oxygen atoms in total. The van der Waals surface area contributed by atoms with Gasteiger partial charge < -0.3 is 15.8 Å². The maximum absolute atomic E-state index is 12.3. The van der Waals surface area contributed by atoms with Crippen LogP contribution in [0.2, 0.25) is 0 Å². The van der Waals surface area contributed by atoms with Crippen molar-refractivity contribution in [2.75, 3.05) is 5.75 Å². The number of benzene rings is 1. The van der Waals surface area contributed by atoms with Crippen LogP contribution in [0, 0.1) is 17.0 Å². The summed E-state index contributed by atoms with van der Waals surface area (Å²) in [5, 5.41) is 10.5. The Morgan fingerprint density at radius 3 is 2.48 bits per heavy atom. The van der Waals surface area contributed by atoms with Crippen LogP contribution in [-0.4, -0.2) is 34.6 Å². The summed E-state index contributed by atoms with van der Waals surface area (Å²) in [5.74, 6) is -2.76. The summed E-state index contributed by atoms with van der Waals surface area (Å²) in [6, 6.07) is 8.80. The highest BCUT2D eigenvalue weighted by molar-refractivity contribution is 7.92. The highest BCUT2D eigenvalue weighted by atomic mass is 32.2. The minimum atomic E-state index is -4.28. The second kappa shape index (κ2) is 6.16. The zero-order valence-corrected chi connectivity index (χ0v) is 13.0. The van der Waals surface area contributed by atoms with Crippen LogP contribution in [0.1, 0.15) is 11.4 Å². The number of primary amides is 1. The molecule has 0 bridgehead atoms. The topological polar surface area (TPSA) is 138 Å². The molecule has 1 aromatic carbocycles. The average Bonchev–Trinajstić information content (AvgIpc) is 2.77. The molecule has 2 rings (SSSR count). The quantitative estimate of drug-likeness (QED) is 0.598. The normalized spacial score (nSPS) is 11.3. The fourth-order valence-corrected chi connectivity index (χ4v) is 3.60. The summed E-state index contributed by atoms with van der Waals surface area (Å²) in [6.45, 7) is 1.53. The third-order valence-electron chi connectivity index (χ3n) is 3.08. The summed E-state index contributed by atoms with van der Waals surface area (Å²) in [6.07, 6.45) is 0. The van der Waals surface area contributed by atoms with Crippen LogP contribution in [0.3, 0.4) is 0 Å². The van der Waals surface area contributed by atoms with Gasteiger partial charge in [0.25, 0.3) is 0 Å². The summed E-state index contributed by atoms with van der Waals surface area (Å²) < 4.78 is 25.9. The van der Waals surface area contributed by atoms with Crippen molar-refractivity contribution in [2.45, 2.75) is 18.5 Å². The minimum Gasteiger partial charge on any atom is -0.369 e. The van der Waals surface area contributed by atoms with Crippen molar-refractivity contribution in [3.05, 3.63) is 51.8 Å². The molecule has 0 unspecified atom stereocenters. The van der Waals surface area contributed by atoms with E-state index in [1.54, 1.807) is 30.3 Å². The number of hydrogen-bond donors (Lipinski definition) is 1. The number of amides is 1. The van der Waals surface area contributed by atoms with Crippen molar-refractivity contribution < 1.29 is 18.1 Å². The first-order valence-electron chi connectivity index (χ1n) is 6.49. The summed E-state index contributed by atoms with van der Waals surface area (Å²) in [4.78, 5) is 24.9. The van der Waals surface area contributed by atoms with Crippen molar-refractivity contribution in [3.63, 3.8) is 0 Å². The molecule has 0 fully saturated rings. The molecule has 1 aromatic heterocycles. The molecule has 0 aliphatic heterocycles. The second-order valence-corrected chi connectivity index (χ2v) is 6.75. The third-order valence-corrected chi connectivity index (χ3v) is 4.73. The van der Waals surface area contributed by atoms with E-state index >= 15 is 0 Å². The number of imidazole rings is 1. The van der Waals surface area contributed by atoms with Crippen LogP contribution < -0.4 is 5.73 Å². The second-order valence-electron chi connectivity index (χ2n) is 4.84. The van der Waals surface area contributed by atoms with E-state index in [-0.39, 0.29) is 12.4 Å². The highest BCUT2D eigenvalue weighted by Crippen LogP contribution is 2.26. The predicted molar refractivity (Wildman–Crippen MR) is 80.4 cm³/mol. The predicted octanol–water partition coefficient (Wildman–Crippen LogP) is 0.407. The van der Waals surface area contributed by atoms with Gasteiger partial charge in [-0.05, 0) is 15.5 Å². The number of carbonyl (C=O) groups excluding carboxylic acids is 1. The molecular formula is C13H14N4O5S. The number of aryl methyl sites for hydroxylation is 1. The Morgan fingerprint density at radius 2 is 1.96 bits per heavy atom. The zero-order chi connectivity index (χ0) is 17.2. The van der Waals surface area contributed by atoms with Crippen molar-refractivity contribution >= 4 is 21.6 Å². The number of rotatable bonds is 6. The number of aromatic nitrogens is 2. The van der Waals surface area contributed by atoms with Gasteiger partial charge in [-0.2, -0.15) is 0 Å². The first kappa shape index (κ1) is 16.6. The molecule has 2 aromatic rings. The van der Waals surface area contributed by atoms with Gasteiger partial charge in [0.15, 0.2) is 0 Å². The number of nitro groups is 1. The van der Waals surface area contributed by atoms with E-state index in [1.807, 2.05) is 0 Å². The Labute approximate surface area is 131 Å². The molecule has 0 aliphatic rings. The molecule has 0 saturated heterocycles. The van der Waals surface area contributed by atoms with Gasteiger partial charge in [-0.25, -0.2) is 8.42 Å². The van der Waals surface area contributed by atoms with Crippen molar-refractivity contribution in [1.82, 2.24) is 9.55 Å². The van der Waals surface area contributed by atoms with Crippen LogP contribution in [0.15, 0.2) is 35.4 Å². The maximum Gasteiger partial charge on any atom is 0.401 e. The van der Waals surface area contributed by atoms with Crippen molar-refractivity contribution in [3.8, 4) is 0 Å². The first-order valence-corrected chi connectivity index (χ1v) is 8.14. The Bertz CT molecular complexity index is 858. The molecule has 1 amide bonds. The maximum atomic E-state index is 12.3. The molecule has 122 valence electrons. The van der Waals surface area contributed by atoms with E-state index in [0.717, 1.165) is 5.56 Å². The Kier molecular flexibility index (Phi) is 4.45. The zero-order valence-electron chi connectivity index (χ0n) is 12.2. The van der Waals surface area contributed by atoms with Crippen molar-refractivity contribution in [2.24, 2.45) is 5.73 Å². The van der Waals surface area contributed by atoms with E-state index in [9.17, 15) is 23.3 Å². The molecule has 2 N–H and O–H groups in total. The van der Waals surface area contributed by atoms with E-state index in [1.165, 1.54) is 11.5 Å². The SMILES string of the molecule is Cc1nc([N+](=O)[O-])c(S(=O)(=O)CC(N)=O)n1Cc1ccccc1. The summed E-state index contributed by atoms with van der Waals surface area (Å²) >= 11 is 0. The number of nitrogens with two attached hydrogens (primary N) is 1. The van der Waals surface area contributed by atoms with Crippen LogP contribution >= 0.6 is 0 Å². The molecule has 1 heterocycles. The van der Waals surface area contributed by atoms with Crippen LogP contribution in [0.25, 0.3) is 0 Å². The Balaban J connectivity index is 2.62. The largest absolute Gasteiger partial charge is 0.401 e. The lowest BCUT2D eigenvalue weighted by atomic mass is 10.2. The standard InChI is InChI=1S/C13H14N4O5S/c1-9-15-12(17(19)20)13(23(21,22)8-11(14)18)16(9)7-10-5-3-2-4-6-10/h2-6H,7-8H2,1H3,(H2,14,18). The van der Waals surface area contributed by atoms with Gasteiger partial charge in [0.2, 0.25) is 26.6 Å². The number of carbonyl (C=O) groups is 1. The summed E-state index contributed by atoms with van der Waals surface area (Å²) in [7, 11) is -4.28. The third kappa shape index (κ3) is 3.54. The van der Waals surface area contributed by atoms with Gasteiger partial charge in [-0.3, -0.25) is 9.36 Å². The molecule has 23 heavy (non-hydrogen) atoms. The Morgan fingerprint density at radius 1 is 1.35 bits per heavy atom. The average molecular weight is 338 g/mol. The van der Waals surface area contributed by atoms with Gasteiger partial charge >= 0.3 is 5.82 Å². The number of sulfone groups is 1. The van der Waals surface area contributed by atoms with Crippen LogP contribution in [0.4, 0.5) is 5.82 Å². The van der Waals surface area contributed by atoms with Crippen LogP contribution in [0.5, 0.6) is 0 Å². The van der Waals surface area contributed by atoms with Gasteiger partial charge in [0.05, 0.1) is 6.54 Å². The molecule has 0 radical (unpaired) electrons. The van der Waals surface area contributed by atoms with E-state index < -0.39 is 37.3 Å². The van der Waals surface area contributed by atoms with Crippen molar-refractivity contribution in [1.29, 1.82) is 0 Å². The van der Waals surface area contributed by atoms with Gasteiger partial charge in [-0.15, -0.1) is 0 Å². The molecule has 0 atom stereocenters. The highest BCUT2D eigenvalue weighted by Gasteiger charge is 2.36. The number of nitrogens with zero attached hydrogens (tertiary/aromatic N) is 3. The molecular weight excluding hydrogens is 324 g/mol. The van der Waals surface area contributed by atoms with Crippen LogP contribution in [-0.2, 0) is 21.2 Å². The van der Waals surface area contributed by atoms with Gasteiger partial charge in [0.1, 0.15) is 5.75 Å². The minimum absolute atomic E-state index is 0.0703. The van der Waals surface area contributed by atoms with Gasteiger partial charge in [-0.1, -0.05) is 30.3 Å². The molecule has 0 aliphatic carbocycles. The Hall–Kier alpha value is -2.75. The van der Waals surface area contributed by atoms with E-state index in [4.69, 9.17) is 5.73 Å². The fraction of sp³-hybridized carbons (Fsp3) is 0.231. The smallest absolute Gasteiger partial charge is 0.369 e. The number of hydrogen-bond acceptors (Lipinski definition) is 6. The molecule has 0 saturated carbocycles. The van der Waals surface area contributed by atoms with E-state index in [0.29, 0.717) is 0 Å². The monoisotopic (exact) mass is 338 g/mol.